The van der Waals surface area contributed by atoms with E-state index in [2.05, 4.69) is 12.2 Å². The Kier molecular flexibility index (Phi) is 4.88. The summed E-state index contributed by atoms with van der Waals surface area (Å²) in [5, 5.41) is 2.66. The van der Waals surface area contributed by atoms with Gasteiger partial charge in [0.2, 0.25) is 0 Å². The molecule has 1 atom stereocenters. The smallest absolute Gasteiger partial charge is 0.251 e. The molecule has 3 nitrogen and oxygen atoms in total. The molecule has 3 heteroatoms. The standard InChI is InChI=1S/C14H19NO2/c1-4-5-12-6-8-13(9-7-12)14(17)15-10(2)11(3)16/h6-10H,4-5H2,1-3H3,(H,15,17). The number of hydrogen-bond donors (Lipinski definition) is 1. The molecule has 1 unspecified atom stereocenters. The van der Waals surface area contributed by atoms with Crippen molar-refractivity contribution in [1.29, 1.82) is 0 Å². The van der Waals surface area contributed by atoms with Crippen LogP contribution in [0.25, 0.3) is 0 Å². The number of aryl methyl sites for hydroxylation is 1. The summed E-state index contributed by atoms with van der Waals surface area (Å²) in [5.41, 5.74) is 1.82. The molecule has 0 heterocycles. The van der Waals surface area contributed by atoms with Crippen LogP contribution in [0.5, 0.6) is 0 Å². The Morgan fingerprint density at radius 1 is 1.24 bits per heavy atom. The zero-order valence-electron chi connectivity index (χ0n) is 10.6. The number of hydrogen-bond acceptors (Lipinski definition) is 2. The third-order valence-electron chi connectivity index (χ3n) is 2.71. The van der Waals surface area contributed by atoms with Gasteiger partial charge in [-0.05, 0) is 38.0 Å². The van der Waals surface area contributed by atoms with Crippen LogP contribution in [0, 0.1) is 0 Å². The number of amides is 1. The number of Topliss-reactive ketones (excluding diaryl/α,β-unsaturated/α-hetero) is 1. The quantitative estimate of drug-likeness (QED) is 0.848. The number of carbonyl (C=O) groups is 2. The van der Waals surface area contributed by atoms with Gasteiger partial charge in [-0.1, -0.05) is 25.5 Å². The molecule has 1 N–H and O–H groups in total. The minimum atomic E-state index is -0.433. The van der Waals surface area contributed by atoms with Gasteiger partial charge in [-0.15, -0.1) is 0 Å². The van der Waals surface area contributed by atoms with Crippen molar-refractivity contribution in [3.05, 3.63) is 35.4 Å². The summed E-state index contributed by atoms with van der Waals surface area (Å²) in [4.78, 5) is 22.8. The second-order valence-corrected chi connectivity index (χ2v) is 4.25. The highest BCUT2D eigenvalue weighted by Gasteiger charge is 2.12. The fourth-order valence-electron chi connectivity index (χ4n) is 1.49. The molecular weight excluding hydrogens is 214 g/mol. The summed E-state index contributed by atoms with van der Waals surface area (Å²) in [7, 11) is 0. The zero-order chi connectivity index (χ0) is 12.8. The average molecular weight is 233 g/mol. The Labute approximate surface area is 102 Å². The van der Waals surface area contributed by atoms with Gasteiger partial charge in [0.1, 0.15) is 0 Å². The first kappa shape index (κ1) is 13.4. The number of nitrogens with one attached hydrogen (secondary N) is 1. The molecule has 1 amide bonds. The van der Waals surface area contributed by atoms with Crippen LogP contribution < -0.4 is 5.32 Å². The van der Waals surface area contributed by atoms with Gasteiger partial charge < -0.3 is 5.32 Å². The minimum Gasteiger partial charge on any atom is -0.343 e. The molecule has 0 aliphatic rings. The molecule has 92 valence electrons. The molecule has 1 rings (SSSR count). The maximum atomic E-state index is 11.8. The van der Waals surface area contributed by atoms with Crippen LogP contribution in [0.15, 0.2) is 24.3 Å². The summed E-state index contributed by atoms with van der Waals surface area (Å²) in [6.45, 7) is 5.27. The largest absolute Gasteiger partial charge is 0.343 e. The van der Waals surface area contributed by atoms with E-state index in [0.717, 1.165) is 12.8 Å². The summed E-state index contributed by atoms with van der Waals surface area (Å²) in [6, 6.07) is 7.08. The molecule has 1 aromatic rings. The molecule has 0 radical (unpaired) electrons. The molecular formula is C14H19NO2. The predicted molar refractivity (Wildman–Crippen MR) is 68.0 cm³/mol. The van der Waals surface area contributed by atoms with Crippen molar-refractivity contribution in [2.45, 2.75) is 39.7 Å². The van der Waals surface area contributed by atoms with Crippen LogP contribution in [-0.2, 0) is 11.2 Å². The van der Waals surface area contributed by atoms with Crippen LogP contribution in [0.3, 0.4) is 0 Å². The summed E-state index contributed by atoms with van der Waals surface area (Å²) < 4.78 is 0. The summed E-state index contributed by atoms with van der Waals surface area (Å²) in [6.07, 6.45) is 2.11. The fourth-order valence-corrected chi connectivity index (χ4v) is 1.49. The lowest BCUT2D eigenvalue weighted by molar-refractivity contribution is -0.118. The first-order valence-corrected chi connectivity index (χ1v) is 5.94. The normalized spacial score (nSPS) is 11.9. The highest BCUT2D eigenvalue weighted by Crippen LogP contribution is 2.07. The van der Waals surface area contributed by atoms with Crippen molar-refractivity contribution in [2.24, 2.45) is 0 Å². The van der Waals surface area contributed by atoms with Gasteiger partial charge in [0.25, 0.3) is 5.91 Å². The van der Waals surface area contributed by atoms with E-state index in [-0.39, 0.29) is 11.7 Å². The van der Waals surface area contributed by atoms with Crippen molar-refractivity contribution >= 4 is 11.7 Å². The monoisotopic (exact) mass is 233 g/mol. The fraction of sp³-hybridized carbons (Fsp3) is 0.429. The van der Waals surface area contributed by atoms with Gasteiger partial charge in [0, 0.05) is 5.56 Å². The Hall–Kier alpha value is -1.64. The van der Waals surface area contributed by atoms with E-state index in [1.54, 1.807) is 19.1 Å². The Balaban J connectivity index is 2.66. The first-order valence-electron chi connectivity index (χ1n) is 5.94. The van der Waals surface area contributed by atoms with E-state index in [1.807, 2.05) is 12.1 Å². The second kappa shape index (κ2) is 6.18. The molecule has 0 spiro atoms. The first-order chi connectivity index (χ1) is 8.04. The molecule has 0 saturated heterocycles. The van der Waals surface area contributed by atoms with E-state index in [0.29, 0.717) is 5.56 Å². The lowest BCUT2D eigenvalue weighted by atomic mass is 10.1. The molecule has 0 fully saturated rings. The van der Waals surface area contributed by atoms with E-state index in [4.69, 9.17) is 0 Å². The van der Waals surface area contributed by atoms with E-state index >= 15 is 0 Å². The highest BCUT2D eigenvalue weighted by molar-refractivity contribution is 5.97. The predicted octanol–water partition coefficient (Wildman–Crippen LogP) is 2.35. The molecule has 17 heavy (non-hydrogen) atoms. The lowest BCUT2D eigenvalue weighted by Gasteiger charge is -2.10. The topological polar surface area (TPSA) is 46.2 Å². The minimum absolute atomic E-state index is 0.0408. The van der Waals surface area contributed by atoms with Crippen LogP contribution in [0.4, 0.5) is 0 Å². The van der Waals surface area contributed by atoms with E-state index < -0.39 is 6.04 Å². The zero-order valence-corrected chi connectivity index (χ0v) is 10.6. The van der Waals surface area contributed by atoms with Crippen molar-refractivity contribution in [3.8, 4) is 0 Å². The van der Waals surface area contributed by atoms with Crippen molar-refractivity contribution < 1.29 is 9.59 Å². The van der Waals surface area contributed by atoms with Gasteiger partial charge in [-0.2, -0.15) is 0 Å². The van der Waals surface area contributed by atoms with Crippen LogP contribution in [-0.4, -0.2) is 17.7 Å². The van der Waals surface area contributed by atoms with Gasteiger partial charge in [-0.25, -0.2) is 0 Å². The van der Waals surface area contributed by atoms with Crippen molar-refractivity contribution in [2.75, 3.05) is 0 Å². The number of benzene rings is 1. The highest BCUT2D eigenvalue weighted by atomic mass is 16.2. The lowest BCUT2D eigenvalue weighted by Crippen LogP contribution is -2.37. The number of rotatable bonds is 5. The van der Waals surface area contributed by atoms with Crippen LogP contribution >= 0.6 is 0 Å². The van der Waals surface area contributed by atoms with E-state index in [9.17, 15) is 9.59 Å². The van der Waals surface area contributed by atoms with Crippen LogP contribution in [0.1, 0.15) is 43.1 Å². The van der Waals surface area contributed by atoms with E-state index in [1.165, 1.54) is 12.5 Å². The van der Waals surface area contributed by atoms with Gasteiger partial charge in [0.15, 0.2) is 5.78 Å². The number of ketones is 1. The van der Waals surface area contributed by atoms with Crippen molar-refractivity contribution in [1.82, 2.24) is 5.32 Å². The number of carbonyl (C=O) groups excluding carboxylic acids is 2. The summed E-state index contributed by atoms with van der Waals surface area (Å²) >= 11 is 0. The van der Waals surface area contributed by atoms with Gasteiger partial charge in [-0.3, -0.25) is 9.59 Å². The maximum absolute atomic E-state index is 11.8. The van der Waals surface area contributed by atoms with Gasteiger partial charge >= 0.3 is 0 Å². The Morgan fingerprint density at radius 2 is 1.82 bits per heavy atom. The molecule has 0 bridgehead atoms. The molecule has 1 aromatic carbocycles. The molecule has 0 aliphatic carbocycles. The second-order valence-electron chi connectivity index (χ2n) is 4.25. The molecule has 0 saturated carbocycles. The van der Waals surface area contributed by atoms with Gasteiger partial charge in [0.05, 0.1) is 6.04 Å². The SMILES string of the molecule is CCCc1ccc(C(=O)NC(C)C(C)=O)cc1. The van der Waals surface area contributed by atoms with Crippen LogP contribution in [0.2, 0.25) is 0 Å². The Morgan fingerprint density at radius 3 is 2.29 bits per heavy atom. The summed E-state index contributed by atoms with van der Waals surface area (Å²) in [5.74, 6) is -0.239. The molecule has 0 aliphatic heterocycles. The third kappa shape index (κ3) is 4.02. The maximum Gasteiger partial charge on any atom is 0.251 e. The van der Waals surface area contributed by atoms with Crippen molar-refractivity contribution in [3.63, 3.8) is 0 Å². The third-order valence-corrected chi connectivity index (χ3v) is 2.71. The molecule has 0 aromatic heterocycles. The average Bonchev–Trinajstić information content (AvgIpc) is 2.30. The Bertz CT molecular complexity index is 395.